The summed E-state index contributed by atoms with van der Waals surface area (Å²) in [6.07, 6.45) is 16.3. The first-order chi connectivity index (χ1) is 16.3. The number of amides is 1. The minimum absolute atomic E-state index is 0.127. The maximum Gasteiger partial charge on any atom is 0.248 e. The van der Waals surface area contributed by atoms with Crippen molar-refractivity contribution < 1.29 is 4.79 Å². The summed E-state index contributed by atoms with van der Waals surface area (Å²) in [5.41, 5.74) is 6.98. The Balaban J connectivity index is 1.68. The van der Waals surface area contributed by atoms with E-state index in [0.29, 0.717) is 5.92 Å². The van der Waals surface area contributed by atoms with Crippen LogP contribution in [0.3, 0.4) is 0 Å². The summed E-state index contributed by atoms with van der Waals surface area (Å²) in [6.45, 7) is 10.9. The van der Waals surface area contributed by atoms with Crippen LogP contribution in [-0.4, -0.2) is 10.9 Å². The molecule has 1 unspecified atom stereocenters. The van der Waals surface area contributed by atoms with Crippen LogP contribution in [0.2, 0.25) is 0 Å². The third-order valence-corrected chi connectivity index (χ3v) is 6.41. The average Bonchev–Trinajstić information content (AvgIpc) is 2.79. The van der Waals surface area contributed by atoms with E-state index in [1.54, 1.807) is 6.08 Å². The van der Waals surface area contributed by atoms with Gasteiger partial charge in [0.2, 0.25) is 5.91 Å². The highest BCUT2D eigenvalue weighted by atomic mass is 16.1. The van der Waals surface area contributed by atoms with Crippen molar-refractivity contribution in [2.75, 3.05) is 5.32 Å². The fourth-order valence-corrected chi connectivity index (χ4v) is 4.46. The van der Waals surface area contributed by atoms with E-state index >= 15 is 0 Å². The Labute approximate surface area is 204 Å². The van der Waals surface area contributed by atoms with E-state index < -0.39 is 0 Å². The van der Waals surface area contributed by atoms with Crippen LogP contribution >= 0.6 is 0 Å². The molecule has 0 saturated heterocycles. The van der Waals surface area contributed by atoms with Gasteiger partial charge in [-0.3, -0.25) is 9.78 Å². The first-order valence-corrected chi connectivity index (χ1v) is 12.0. The van der Waals surface area contributed by atoms with E-state index in [9.17, 15) is 4.79 Å². The van der Waals surface area contributed by atoms with Crippen molar-refractivity contribution in [3.05, 3.63) is 119 Å². The molecule has 3 heteroatoms. The Bertz CT molecular complexity index is 1130. The molecule has 0 aliphatic heterocycles. The number of nitrogens with zero attached hydrogens (tertiary/aromatic N) is 1. The Hall–Kier alpha value is -3.46. The largest absolute Gasteiger partial charge is 0.323 e. The SMILES string of the molecule is CC1=C(/C=C/C(C)=C/C=C/C(C)=C\C(=O)Nc2ccccc2)C(C)(C)CCC1c1ccccn1. The molecular formula is C31H36N2O. The number of carbonyl (C=O) groups is 1. The summed E-state index contributed by atoms with van der Waals surface area (Å²) in [6, 6.07) is 15.7. The Morgan fingerprint density at radius 1 is 1.03 bits per heavy atom. The van der Waals surface area contributed by atoms with Crippen LogP contribution in [0.4, 0.5) is 5.69 Å². The maximum atomic E-state index is 12.2. The molecule has 1 aromatic heterocycles. The zero-order chi connectivity index (χ0) is 24.6. The van der Waals surface area contributed by atoms with Crippen molar-refractivity contribution in [3.8, 4) is 0 Å². The van der Waals surface area contributed by atoms with Gasteiger partial charge in [-0.05, 0) is 74.4 Å². The summed E-state index contributed by atoms with van der Waals surface area (Å²) in [5, 5.41) is 2.87. The molecule has 1 aromatic carbocycles. The lowest BCUT2D eigenvalue weighted by Crippen LogP contribution is -2.24. The predicted molar refractivity (Wildman–Crippen MR) is 144 cm³/mol. The van der Waals surface area contributed by atoms with E-state index in [1.165, 1.54) is 11.1 Å². The van der Waals surface area contributed by atoms with Gasteiger partial charge in [-0.15, -0.1) is 0 Å². The molecule has 34 heavy (non-hydrogen) atoms. The highest BCUT2D eigenvalue weighted by Gasteiger charge is 2.32. The predicted octanol–water partition coefficient (Wildman–Crippen LogP) is 7.95. The molecule has 0 fully saturated rings. The summed E-state index contributed by atoms with van der Waals surface area (Å²) >= 11 is 0. The molecule has 1 aliphatic carbocycles. The minimum atomic E-state index is -0.127. The number of para-hydroxylation sites is 1. The first-order valence-electron chi connectivity index (χ1n) is 12.0. The number of anilines is 1. The summed E-state index contributed by atoms with van der Waals surface area (Å²) in [5.74, 6) is 0.256. The molecule has 3 nitrogen and oxygen atoms in total. The lowest BCUT2D eigenvalue weighted by Gasteiger charge is -2.37. The maximum absolute atomic E-state index is 12.2. The summed E-state index contributed by atoms with van der Waals surface area (Å²) < 4.78 is 0. The topological polar surface area (TPSA) is 42.0 Å². The standard InChI is InChI=1S/C31H36N2O/c1-23(12-11-13-24(2)22-30(34)33-26-14-7-6-8-15-26)17-18-28-25(3)27(19-20-31(28,4)5)29-16-9-10-21-32-29/h6-18,21-22,27H,19-20H2,1-5H3,(H,33,34)/b13-11+,18-17+,23-12+,24-22-. The van der Waals surface area contributed by atoms with Crippen molar-refractivity contribution in [2.45, 2.75) is 53.4 Å². The molecule has 2 aromatic rings. The van der Waals surface area contributed by atoms with E-state index in [1.807, 2.05) is 61.7 Å². The molecule has 1 atom stereocenters. The lowest BCUT2D eigenvalue weighted by atomic mass is 9.68. The van der Waals surface area contributed by atoms with E-state index in [4.69, 9.17) is 0 Å². The normalized spacial score (nSPS) is 19.1. The van der Waals surface area contributed by atoms with Crippen molar-refractivity contribution in [3.63, 3.8) is 0 Å². The number of pyridine rings is 1. The number of hydrogen-bond acceptors (Lipinski definition) is 2. The van der Waals surface area contributed by atoms with Crippen LogP contribution in [-0.2, 0) is 4.79 Å². The number of rotatable bonds is 7. The van der Waals surface area contributed by atoms with Gasteiger partial charge in [0, 0.05) is 29.6 Å². The number of aromatic nitrogens is 1. The number of nitrogens with one attached hydrogen (secondary N) is 1. The second-order valence-electron chi connectivity index (χ2n) is 9.67. The number of carbonyl (C=O) groups excluding carboxylic acids is 1. The zero-order valence-corrected chi connectivity index (χ0v) is 21.0. The molecule has 0 spiro atoms. The summed E-state index contributed by atoms with van der Waals surface area (Å²) in [4.78, 5) is 16.8. The number of allylic oxidation sites excluding steroid dienone is 9. The van der Waals surface area contributed by atoms with E-state index in [0.717, 1.165) is 35.4 Å². The third-order valence-electron chi connectivity index (χ3n) is 6.41. The quantitative estimate of drug-likeness (QED) is 0.342. The van der Waals surface area contributed by atoms with Crippen molar-refractivity contribution in [1.29, 1.82) is 0 Å². The fourth-order valence-electron chi connectivity index (χ4n) is 4.46. The molecule has 0 saturated carbocycles. The van der Waals surface area contributed by atoms with Crippen LogP contribution in [0, 0.1) is 5.41 Å². The summed E-state index contributed by atoms with van der Waals surface area (Å²) in [7, 11) is 0. The van der Waals surface area contributed by atoms with Gasteiger partial charge >= 0.3 is 0 Å². The number of benzene rings is 1. The van der Waals surface area contributed by atoms with Gasteiger partial charge in [-0.2, -0.15) is 0 Å². The first kappa shape index (κ1) is 25.2. The monoisotopic (exact) mass is 452 g/mol. The van der Waals surface area contributed by atoms with Crippen LogP contribution < -0.4 is 5.32 Å². The highest BCUT2D eigenvalue weighted by Crippen LogP contribution is 2.46. The Morgan fingerprint density at radius 2 is 1.76 bits per heavy atom. The van der Waals surface area contributed by atoms with Gasteiger partial charge in [-0.1, -0.05) is 79.6 Å². The Kier molecular flexibility index (Phi) is 8.59. The minimum Gasteiger partial charge on any atom is -0.323 e. The molecule has 0 bridgehead atoms. The third kappa shape index (κ3) is 7.02. The van der Waals surface area contributed by atoms with Gasteiger partial charge in [0.15, 0.2) is 0 Å². The molecule has 0 radical (unpaired) electrons. The second-order valence-corrected chi connectivity index (χ2v) is 9.67. The van der Waals surface area contributed by atoms with Gasteiger partial charge in [0.1, 0.15) is 0 Å². The molecular weight excluding hydrogens is 416 g/mol. The van der Waals surface area contributed by atoms with Crippen molar-refractivity contribution >= 4 is 11.6 Å². The zero-order valence-electron chi connectivity index (χ0n) is 21.0. The molecule has 176 valence electrons. The smallest absolute Gasteiger partial charge is 0.248 e. The highest BCUT2D eigenvalue weighted by molar-refractivity contribution is 5.99. The van der Waals surface area contributed by atoms with Crippen molar-refractivity contribution in [2.24, 2.45) is 5.41 Å². The van der Waals surface area contributed by atoms with E-state index in [2.05, 4.69) is 68.4 Å². The Morgan fingerprint density at radius 3 is 2.47 bits per heavy atom. The van der Waals surface area contributed by atoms with Crippen molar-refractivity contribution in [1.82, 2.24) is 4.98 Å². The van der Waals surface area contributed by atoms with Crippen LogP contribution in [0.25, 0.3) is 0 Å². The van der Waals surface area contributed by atoms with Gasteiger partial charge in [-0.25, -0.2) is 0 Å². The van der Waals surface area contributed by atoms with Gasteiger partial charge in [0.25, 0.3) is 0 Å². The molecule has 1 N–H and O–H groups in total. The fraction of sp³-hybridized carbons (Fsp3) is 0.290. The molecule has 3 rings (SSSR count). The van der Waals surface area contributed by atoms with Gasteiger partial charge in [0.05, 0.1) is 0 Å². The van der Waals surface area contributed by atoms with Gasteiger partial charge < -0.3 is 5.32 Å². The molecule has 1 amide bonds. The second kappa shape index (κ2) is 11.6. The van der Waals surface area contributed by atoms with Crippen LogP contribution in [0.1, 0.15) is 59.1 Å². The van der Waals surface area contributed by atoms with Crippen LogP contribution in [0.15, 0.2) is 113 Å². The average molecular weight is 453 g/mol. The van der Waals surface area contributed by atoms with E-state index in [-0.39, 0.29) is 11.3 Å². The van der Waals surface area contributed by atoms with Crippen LogP contribution in [0.5, 0.6) is 0 Å². The molecule has 1 aliphatic rings. The number of hydrogen-bond donors (Lipinski definition) is 1. The lowest BCUT2D eigenvalue weighted by molar-refractivity contribution is -0.111. The molecule has 1 heterocycles.